The number of amides is 2. The second kappa shape index (κ2) is 9.34. The minimum Gasteiger partial charge on any atom is -0.481 e. The van der Waals surface area contributed by atoms with Gasteiger partial charge in [-0.3, -0.25) is 9.59 Å². The van der Waals surface area contributed by atoms with E-state index in [9.17, 15) is 14.4 Å². The zero-order valence-corrected chi connectivity index (χ0v) is 17.2. The number of ether oxygens (including phenoxy) is 1. The number of carboxylic acid groups (broad SMARTS) is 1. The van der Waals surface area contributed by atoms with Crippen molar-refractivity contribution in [2.45, 2.75) is 18.4 Å². The summed E-state index contributed by atoms with van der Waals surface area (Å²) in [7, 11) is 0. The maximum atomic E-state index is 12.5. The molecule has 0 saturated heterocycles. The molecule has 0 bridgehead atoms. The van der Waals surface area contributed by atoms with Gasteiger partial charge in [-0.15, -0.1) is 0 Å². The highest BCUT2D eigenvalue weighted by molar-refractivity contribution is 5.98. The molecule has 0 aliphatic heterocycles. The van der Waals surface area contributed by atoms with Gasteiger partial charge in [0.05, 0.1) is 6.42 Å². The van der Waals surface area contributed by atoms with Crippen molar-refractivity contribution in [3.05, 3.63) is 90.0 Å². The third-order valence-electron chi connectivity index (χ3n) is 5.37. The smallest absolute Gasteiger partial charge is 0.407 e. The molecule has 32 heavy (non-hydrogen) atoms. The van der Waals surface area contributed by atoms with Crippen molar-refractivity contribution < 1.29 is 24.2 Å². The van der Waals surface area contributed by atoms with Crippen LogP contribution in [0.25, 0.3) is 11.1 Å². The van der Waals surface area contributed by atoms with Crippen molar-refractivity contribution >= 4 is 23.7 Å². The summed E-state index contributed by atoms with van der Waals surface area (Å²) in [5, 5.41) is 14.2. The average molecular weight is 430 g/mol. The lowest BCUT2D eigenvalue weighted by atomic mass is 9.98. The van der Waals surface area contributed by atoms with E-state index >= 15 is 0 Å². The Balaban J connectivity index is 1.42. The molecule has 0 unspecified atom stereocenters. The molecule has 0 fully saturated rings. The quantitative estimate of drug-likeness (QED) is 0.525. The van der Waals surface area contributed by atoms with E-state index in [2.05, 4.69) is 10.6 Å². The van der Waals surface area contributed by atoms with Crippen LogP contribution >= 0.6 is 0 Å². The van der Waals surface area contributed by atoms with Crippen molar-refractivity contribution in [2.75, 3.05) is 11.9 Å². The average Bonchev–Trinajstić information content (AvgIpc) is 3.11. The fourth-order valence-electron chi connectivity index (χ4n) is 3.92. The summed E-state index contributed by atoms with van der Waals surface area (Å²) < 4.78 is 5.43. The van der Waals surface area contributed by atoms with Crippen LogP contribution in [0.3, 0.4) is 0 Å². The summed E-state index contributed by atoms with van der Waals surface area (Å²) in [6.45, 7) is 0.0694. The predicted octanol–water partition coefficient (Wildman–Crippen LogP) is 4.01. The van der Waals surface area contributed by atoms with Crippen LogP contribution < -0.4 is 10.6 Å². The first-order valence-electron chi connectivity index (χ1n) is 10.2. The summed E-state index contributed by atoms with van der Waals surface area (Å²) in [4.78, 5) is 36.2. The topological polar surface area (TPSA) is 105 Å². The molecule has 0 heterocycles. The Kier molecular flexibility index (Phi) is 6.17. The van der Waals surface area contributed by atoms with Crippen LogP contribution in [0.15, 0.2) is 78.9 Å². The Bertz CT molecular complexity index is 1100. The lowest BCUT2D eigenvalue weighted by molar-refractivity contribution is -0.139. The molecular weight excluding hydrogens is 408 g/mol. The molecule has 0 radical (unpaired) electrons. The standard InChI is InChI=1S/C25H22N2O5/c28-23(29)14-22(24(30)26-16-8-2-1-3-9-16)27-25(31)32-15-21-19-12-6-4-10-17(19)18-11-5-7-13-20(18)21/h1-13,21-22H,14-15H2,(H,26,30)(H,27,31)(H,28,29)/t22-/m0/s1. The number of para-hydroxylation sites is 1. The van der Waals surface area contributed by atoms with Gasteiger partial charge in [-0.05, 0) is 34.4 Å². The summed E-state index contributed by atoms with van der Waals surface area (Å²) in [5.74, 6) is -1.98. The fraction of sp³-hybridized carbons (Fsp3) is 0.160. The van der Waals surface area contributed by atoms with Gasteiger partial charge in [-0.1, -0.05) is 66.7 Å². The van der Waals surface area contributed by atoms with Crippen LogP contribution in [0.4, 0.5) is 10.5 Å². The van der Waals surface area contributed by atoms with Crippen molar-refractivity contribution in [1.82, 2.24) is 5.32 Å². The van der Waals surface area contributed by atoms with Gasteiger partial charge in [-0.25, -0.2) is 4.79 Å². The maximum Gasteiger partial charge on any atom is 0.407 e. The predicted molar refractivity (Wildman–Crippen MR) is 119 cm³/mol. The van der Waals surface area contributed by atoms with Crippen molar-refractivity contribution in [2.24, 2.45) is 0 Å². The number of aliphatic carboxylic acids is 1. The minimum atomic E-state index is -1.27. The molecule has 0 spiro atoms. The van der Waals surface area contributed by atoms with E-state index in [0.717, 1.165) is 22.3 Å². The molecule has 1 atom stereocenters. The van der Waals surface area contributed by atoms with Gasteiger partial charge >= 0.3 is 12.1 Å². The molecule has 1 aliphatic rings. The summed E-state index contributed by atoms with van der Waals surface area (Å²) in [6.07, 6.45) is -1.41. The zero-order valence-electron chi connectivity index (χ0n) is 17.2. The van der Waals surface area contributed by atoms with Crippen LogP contribution in [-0.4, -0.2) is 35.7 Å². The van der Waals surface area contributed by atoms with E-state index in [-0.39, 0.29) is 12.5 Å². The van der Waals surface area contributed by atoms with Crippen LogP contribution in [0.5, 0.6) is 0 Å². The highest BCUT2D eigenvalue weighted by Gasteiger charge is 2.30. The van der Waals surface area contributed by atoms with E-state index in [4.69, 9.17) is 9.84 Å². The van der Waals surface area contributed by atoms with Crippen molar-refractivity contribution in [1.29, 1.82) is 0 Å². The monoisotopic (exact) mass is 430 g/mol. The lowest BCUT2D eigenvalue weighted by Crippen LogP contribution is -2.45. The number of fused-ring (bicyclic) bond motifs is 3. The van der Waals surface area contributed by atoms with Gasteiger partial charge in [0, 0.05) is 11.6 Å². The van der Waals surface area contributed by atoms with E-state index < -0.39 is 30.4 Å². The first kappa shape index (κ1) is 21.1. The fourth-order valence-corrected chi connectivity index (χ4v) is 3.92. The second-order valence-corrected chi connectivity index (χ2v) is 7.48. The second-order valence-electron chi connectivity index (χ2n) is 7.48. The van der Waals surface area contributed by atoms with Gasteiger partial charge in [-0.2, -0.15) is 0 Å². The molecule has 3 aromatic carbocycles. The normalized spacial score (nSPS) is 12.9. The Morgan fingerprint density at radius 1 is 0.844 bits per heavy atom. The summed E-state index contributed by atoms with van der Waals surface area (Å²) >= 11 is 0. The summed E-state index contributed by atoms with van der Waals surface area (Å²) in [5.41, 5.74) is 4.82. The number of hydrogen-bond acceptors (Lipinski definition) is 4. The highest BCUT2D eigenvalue weighted by atomic mass is 16.5. The molecule has 4 rings (SSSR count). The Hall–Kier alpha value is -4.13. The minimum absolute atomic E-state index is 0.0694. The van der Waals surface area contributed by atoms with Crippen LogP contribution in [-0.2, 0) is 14.3 Å². The first-order valence-corrected chi connectivity index (χ1v) is 10.2. The molecule has 1 aliphatic carbocycles. The Morgan fingerprint density at radius 3 is 2.00 bits per heavy atom. The molecule has 2 amide bonds. The van der Waals surface area contributed by atoms with Gasteiger partial charge in [0.25, 0.3) is 0 Å². The summed E-state index contributed by atoms with van der Waals surface area (Å²) in [6, 6.07) is 23.2. The van der Waals surface area contributed by atoms with Crippen molar-refractivity contribution in [3.63, 3.8) is 0 Å². The van der Waals surface area contributed by atoms with Gasteiger partial charge < -0.3 is 20.5 Å². The largest absolute Gasteiger partial charge is 0.481 e. The van der Waals surface area contributed by atoms with E-state index in [1.165, 1.54) is 0 Å². The molecule has 3 N–H and O–H groups in total. The van der Waals surface area contributed by atoms with Gasteiger partial charge in [0.1, 0.15) is 12.6 Å². The molecule has 7 heteroatoms. The highest BCUT2D eigenvalue weighted by Crippen LogP contribution is 2.44. The zero-order chi connectivity index (χ0) is 22.5. The van der Waals surface area contributed by atoms with Gasteiger partial charge in [0.2, 0.25) is 5.91 Å². The number of carbonyl (C=O) groups is 3. The van der Waals surface area contributed by atoms with Crippen molar-refractivity contribution in [3.8, 4) is 11.1 Å². The number of carbonyl (C=O) groups excluding carboxylic acids is 2. The van der Waals surface area contributed by atoms with E-state index in [1.807, 2.05) is 48.5 Å². The SMILES string of the molecule is O=C(O)C[C@H](NC(=O)OCC1c2ccccc2-c2ccccc21)C(=O)Nc1ccccc1. The number of nitrogens with one attached hydrogen (secondary N) is 2. The van der Waals surface area contributed by atoms with E-state index in [1.54, 1.807) is 30.3 Å². The van der Waals surface area contributed by atoms with Crippen LogP contribution in [0, 0.1) is 0 Å². The molecule has 0 aromatic heterocycles. The van der Waals surface area contributed by atoms with E-state index in [0.29, 0.717) is 5.69 Å². The third-order valence-corrected chi connectivity index (χ3v) is 5.37. The lowest BCUT2D eigenvalue weighted by Gasteiger charge is -2.18. The molecule has 162 valence electrons. The molecule has 7 nitrogen and oxygen atoms in total. The third kappa shape index (κ3) is 4.62. The number of anilines is 1. The Morgan fingerprint density at radius 2 is 1.41 bits per heavy atom. The van der Waals surface area contributed by atoms with Gasteiger partial charge in [0.15, 0.2) is 0 Å². The number of alkyl carbamates (subject to hydrolysis) is 1. The number of carboxylic acids is 1. The van der Waals surface area contributed by atoms with Crippen LogP contribution in [0.1, 0.15) is 23.5 Å². The maximum absolute atomic E-state index is 12.5. The molecule has 3 aromatic rings. The number of rotatable bonds is 7. The van der Waals surface area contributed by atoms with Crippen LogP contribution in [0.2, 0.25) is 0 Å². The molecule has 0 saturated carbocycles. The number of benzene rings is 3. The number of hydrogen-bond donors (Lipinski definition) is 3. The molecular formula is C25H22N2O5. The Labute approximate surface area is 185 Å². The first-order chi connectivity index (χ1) is 15.5.